The molecule has 3 nitrogen and oxygen atoms in total. The quantitative estimate of drug-likeness (QED) is 0.804. The van der Waals surface area contributed by atoms with Gasteiger partial charge in [-0.1, -0.05) is 12.1 Å². The topological polar surface area (TPSA) is 46.5 Å². The number of phenols is 1. The van der Waals surface area contributed by atoms with Gasteiger partial charge in [-0.2, -0.15) is 0 Å². The van der Waals surface area contributed by atoms with E-state index in [0.29, 0.717) is 13.0 Å². The van der Waals surface area contributed by atoms with Crippen molar-refractivity contribution in [1.82, 2.24) is 0 Å². The lowest BCUT2D eigenvalue weighted by Gasteiger charge is -2.13. The van der Waals surface area contributed by atoms with Crippen LogP contribution >= 0.6 is 0 Å². The third kappa shape index (κ3) is 3.72. The predicted molar refractivity (Wildman–Crippen MR) is 57.9 cm³/mol. The zero-order chi connectivity index (χ0) is 11.3. The van der Waals surface area contributed by atoms with Crippen LogP contribution in [0.4, 0.5) is 0 Å². The van der Waals surface area contributed by atoms with Crippen molar-refractivity contribution in [2.75, 3.05) is 6.61 Å². The van der Waals surface area contributed by atoms with Crippen LogP contribution in [0.3, 0.4) is 0 Å². The molecule has 1 aromatic carbocycles. The summed E-state index contributed by atoms with van der Waals surface area (Å²) >= 11 is 0. The average Bonchev–Trinajstić information content (AvgIpc) is 2.20. The summed E-state index contributed by atoms with van der Waals surface area (Å²) in [5.41, 5.74) is 0.987. The zero-order valence-electron chi connectivity index (χ0n) is 9.06. The van der Waals surface area contributed by atoms with E-state index in [1.54, 1.807) is 24.3 Å². The molecule has 0 aromatic heterocycles. The smallest absolute Gasteiger partial charge is 0.158 e. The van der Waals surface area contributed by atoms with Gasteiger partial charge >= 0.3 is 0 Å². The maximum Gasteiger partial charge on any atom is 0.158 e. The summed E-state index contributed by atoms with van der Waals surface area (Å²) in [6, 6.07) is 6.81. The molecule has 1 rings (SSSR count). The molecule has 15 heavy (non-hydrogen) atoms. The van der Waals surface area contributed by atoms with Crippen LogP contribution in [0, 0.1) is 0 Å². The van der Waals surface area contributed by atoms with Crippen LogP contribution in [0.15, 0.2) is 24.3 Å². The highest BCUT2D eigenvalue weighted by Gasteiger charge is 2.14. The molecular formula is C12H16O3. The van der Waals surface area contributed by atoms with Crippen molar-refractivity contribution in [1.29, 1.82) is 0 Å². The molecule has 3 heteroatoms. The standard InChI is InChI=1S/C12H16O3/c1-3-15-12(9(2)13)8-10-4-6-11(14)7-5-10/h4-7,12,14H,3,8H2,1-2H3. The number of aromatic hydroxyl groups is 1. The number of phenolic OH excluding ortho intramolecular Hbond substituents is 1. The molecule has 0 heterocycles. The first kappa shape index (κ1) is 11.7. The first-order valence-electron chi connectivity index (χ1n) is 5.03. The lowest BCUT2D eigenvalue weighted by molar-refractivity contribution is -0.127. The van der Waals surface area contributed by atoms with Gasteiger partial charge in [0, 0.05) is 13.0 Å². The number of carbonyl (C=O) groups is 1. The van der Waals surface area contributed by atoms with Crippen LogP contribution in [-0.2, 0) is 16.0 Å². The van der Waals surface area contributed by atoms with Gasteiger partial charge in [-0.3, -0.25) is 4.79 Å². The Morgan fingerprint density at radius 1 is 1.40 bits per heavy atom. The Balaban J connectivity index is 2.65. The van der Waals surface area contributed by atoms with Crippen LogP contribution in [-0.4, -0.2) is 23.6 Å². The molecule has 1 unspecified atom stereocenters. The second-order valence-corrected chi connectivity index (χ2v) is 3.43. The minimum absolute atomic E-state index is 0.0323. The Labute approximate surface area is 89.7 Å². The fraction of sp³-hybridized carbons (Fsp3) is 0.417. The molecule has 1 atom stereocenters. The van der Waals surface area contributed by atoms with Crippen molar-refractivity contribution >= 4 is 5.78 Å². The van der Waals surface area contributed by atoms with Gasteiger partial charge in [0.25, 0.3) is 0 Å². The van der Waals surface area contributed by atoms with Crippen LogP contribution in [0.2, 0.25) is 0 Å². The number of benzene rings is 1. The second kappa shape index (κ2) is 5.51. The maximum absolute atomic E-state index is 11.2. The van der Waals surface area contributed by atoms with E-state index in [1.165, 1.54) is 6.92 Å². The molecular weight excluding hydrogens is 192 g/mol. The van der Waals surface area contributed by atoms with E-state index in [4.69, 9.17) is 9.84 Å². The number of Topliss-reactive ketones (excluding diaryl/α,β-unsaturated/α-hetero) is 1. The Bertz CT molecular complexity index is 316. The SMILES string of the molecule is CCOC(Cc1ccc(O)cc1)C(C)=O. The summed E-state index contributed by atoms with van der Waals surface area (Å²) in [7, 11) is 0. The lowest BCUT2D eigenvalue weighted by Crippen LogP contribution is -2.24. The van der Waals surface area contributed by atoms with Gasteiger partial charge in [-0.15, -0.1) is 0 Å². The van der Waals surface area contributed by atoms with Crippen molar-refractivity contribution in [3.8, 4) is 5.75 Å². The highest BCUT2D eigenvalue weighted by atomic mass is 16.5. The van der Waals surface area contributed by atoms with Gasteiger partial charge in [0.1, 0.15) is 11.9 Å². The number of hydrogen-bond acceptors (Lipinski definition) is 3. The number of hydrogen-bond donors (Lipinski definition) is 1. The monoisotopic (exact) mass is 208 g/mol. The fourth-order valence-corrected chi connectivity index (χ4v) is 1.37. The van der Waals surface area contributed by atoms with Crippen LogP contribution in [0.1, 0.15) is 19.4 Å². The van der Waals surface area contributed by atoms with Crippen molar-refractivity contribution in [3.05, 3.63) is 29.8 Å². The molecule has 0 amide bonds. The molecule has 1 aromatic rings. The van der Waals surface area contributed by atoms with E-state index in [9.17, 15) is 4.79 Å². The van der Waals surface area contributed by atoms with Crippen LogP contribution < -0.4 is 0 Å². The summed E-state index contributed by atoms with van der Waals surface area (Å²) < 4.78 is 5.33. The molecule has 0 saturated heterocycles. The van der Waals surface area contributed by atoms with E-state index >= 15 is 0 Å². The molecule has 82 valence electrons. The molecule has 0 aliphatic rings. The highest BCUT2D eigenvalue weighted by Crippen LogP contribution is 2.12. The summed E-state index contributed by atoms with van der Waals surface area (Å²) in [6.07, 6.45) is 0.184. The third-order valence-corrected chi connectivity index (χ3v) is 2.18. The van der Waals surface area contributed by atoms with E-state index in [1.807, 2.05) is 6.92 Å². The minimum Gasteiger partial charge on any atom is -0.508 e. The summed E-state index contributed by atoms with van der Waals surface area (Å²) in [5, 5.41) is 9.11. The minimum atomic E-state index is -0.375. The zero-order valence-corrected chi connectivity index (χ0v) is 9.06. The Hall–Kier alpha value is -1.35. The molecule has 0 spiro atoms. The molecule has 0 fully saturated rings. The second-order valence-electron chi connectivity index (χ2n) is 3.43. The molecule has 0 saturated carbocycles. The Morgan fingerprint density at radius 2 is 2.00 bits per heavy atom. The molecule has 0 radical (unpaired) electrons. The molecule has 0 bridgehead atoms. The van der Waals surface area contributed by atoms with Gasteiger partial charge < -0.3 is 9.84 Å². The summed E-state index contributed by atoms with van der Waals surface area (Å²) in [5.74, 6) is 0.263. The van der Waals surface area contributed by atoms with E-state index in [2.05, 4.69) is 0 Å². The van der Waals surface area contributed by atoms with E-state index in [0.717, 1.165) is 5.56 Å². The Kier molecular flexibility index (Phi) is 4.31. The molecule has 0 aliphatic heterocycles. The summed E-state index contributed by atoms with van der Waals surface area (Å²) in [4.78, 5) is 11.2. The number of carbonyl (C=O) groups excluding carboxylic acids is 1. The number of ketones is 1. The van der Waals surface area contributed by atoms with Crippen molar-refractivity contribution in [2.24, 2.45) is 0 Å². The lowest BCUT2D eigenvalue weighted by atomic mass is 10.1. The van der Waals surface area contributed by atoms with Crippen molar-refractivity contribution < 1.29 is 14.6 Å². The third-order valence-electron chi connectivity index (χ3n) is 2.18. The maximum atomic E-state index is 11.2. The van der Waals surface area contributed by atoms with Gasteiger partial charge in [-0.25, -0.2) is 0 Å². The highest BCUT2D eigenvalue weighted by molar-refractivity contribution is 5.80. The number of rotatable bonds is 5. The van der Waals surface area contributed by atoms with E-state index in [-0.39, 0.29) is 17.6 Å². The van der Waals surface area contributed by atoms with Crippen LogP contribution in [0.5, 0.6) is 5.75 Å². The predicted octanol–water partition coefficient (Wildman–Crippen LogP) is 1.93. The van der Waals surface area contributed by atoms with Gasteiger partial charge in [0.05, 0.1) is 0 Å². The van der Waals surface area contributed by atoms with E-state index < -0.39 is 0 Å². The first-order valence-corrected chi connectivity index (χ1v) is 5.03. The molecule has 0 aliphatic carbocycles. The van der Waals surface area contributed by atoms with Crippen LogP contribution in [0.25, 0.3) is 0 Å². The van der Waals surface area contributed by atoms with Crippen molar-refractivity contribution in [3.63, 3.8) is 0 Å². The van der Waals surface area contributed by atoms with Gasteiger partial charge in [0.15, 0.2) is 5.78 Å². The first-order chi connectivity index (χ1) is 7.13. The fourth-order valence-electron chi connectivity index (χ4n) is 1.37. The van der Waals surface area contributed by atoms with Gasteiger partial charge in [0.2, 0.25) is 0 Å². The molecule has 1 N–H and O–H groups in total. The normalized spacial score (nSPS) is 12.4. The Morgan fingerprint density at radius 3 is 2.47 bits per heavy atom. The largest absolute Gasteiger partial charge is 0.508 e. The summed E-state index contributed by atoms with van der Waals surface area (Å²) in [6.45, 7) is 3.93. The van der Waals surface area contributed by atoms with Gasteiger partial charge in [-0.05, 0) is 31.5 Å². The average molecular weight is 208 g/mol. The van der Waals surface area contributed by atoms with Crippen molar-refractivity contribution in [2.45, 2.75) is 26.4 Å². The number of ether oxygens (including phenoxy) is 1.